The predicted octanol–water partition coefficient (Wildman–Crippen LogP) is 0.713. The molecule has 0 aromatic rings. The zero-order chi connectivity index (χ0) is 7.40. The van der Waals surface area contributed by atoms with Crippen molar-refractivity contribution in [3.63, 3.8) is 0 Å². The summed E-state index contributed by atoms with van der Waals surface area (Å²) < 4.78 is 0. The van der Waals surface area contributed by atoms with Gasteiger partial charge in [0.1, 0.15) is 0 Å². The molecule has 10 heavy (non-hydrogen) atoms. The van der Waals surface area contributed by atoms with Crippen LogP contribution < -0.4 is 0 Å². The summed E-state index contributed by atoms with van der Waals surface area (Å²) in [6.45, 7) is 6.62. The van der Waals surface area contributed by atoms with Crippen LogP contribution in [0.2, 0.25) is 0 Å². The lowest BCUT2D eigenvalue weighted by Crippen LogP contribution is -2.39. The second-order valence-corrected chi connectivity index (χ2v) is 2.35. The van der Waals surface area contributed by atoms with Gasteiger partial charge in [-0.15, -0.1) is 0 Å². The Kier molecular flexibility index (Phi) is 2.83. The third-order valence-electron chi connectivity index (χ3n) is 1.52. The van der Waals surface area contributed by atoms with Gasteiger partial charge in [-0.05, 0) is 13.8 Å². The minimum atomic E-state index is 0.341. The van der Waals surface area contributed by atoms with Crippen molar-refractivity contribution < 1.29 is 4.84 Å². The maximum absolute atomic E-state index is 5.34. The highest BCUT2D eigenvalue weighted by Gasteiger charge is 2.13. The molecule has 0 bridgehead atoms. The van der Waals surface area contributed by atoms with Crippen LogP contribution in [0.4, 0.5) is 0 Å². The number of rotatable bonds is 2. The highest BCUT2D eigenvalue weighted by molar-refractivity contribution is 5.64. The van der Waals surface area contributed by atoms with Crippen LogP contribution in [-0.2, 0) is 4.84 Å². The number of hydrogen-bond acceptors (Lipinski definition) is 3. The average Bonchev–Trinajstić information content (AvgIpc) is 1.94. The second kappa shape index (κ2) is 3.68. The Morgan fingerprint density at radius 3 is 3.20 bits per heavy atom. The third kappa shape index (κ3) is 1.78. The number of hydroxylamine groups is 2. The van der Waals surface area contributed by atoms with Crippen molar-refractivity contribution in [1.29, 1.82) is 0 Å². The van der Waals surface area contributed by atoms with E-state index in [1.54, 1.807) is 0 Å². The molecule has 1 aliphatic heterocycles. The zero-order valence-corrected chi connectivity index (χ0v) is 6.58. The van der Waals surface area contributed by atoms with Gasteiger partial charge in [0, 0.05) is 12.8 Å². The second-order valence-electron chi connectivity index (χ2n) is 2.35. The van der Waals surface area contributed by atoms with Crippen molar-refractivity contribution in [2.75, 3.05) is 19.7 Å². The molecular formula is C7H14N2O. The first kappa shape index (κ1) is 7.69. The quantitative estimate of drug-likeness (QED) is 0.567. The lowest BCUT2D eigenvalue weighted by atomic mass is 10.3. The van der Waals surface area contributed by atoms with Crippen LogP contribution in [0.5, 0.6) is 0 Å². The Balaban J connectivity index is 2.36. The molecule has 1 heterocycles. The van der Waals surface area contributed by atoms with E-state index in [4.69, 9.17) is 4.84 Å². The molecule has 0 aromatic carbocycles. The Morgan fingerprint density at radius 2 is 2.60 bits per heavy atom. The van der Waals surface area contributed by atoms with Crippen molar-refractivity contribution in [2.45, 2.75) is 19.9 Å². The number of aliphatic imine (C=N–C) groups is 1. The van der Waals surface area contributed by atoms with E-state index in [1.165, 1.54) is 0 Å². The van der Waals surface area contributed by atoms with Gasteiger partial charge < -0.3 is 0 Å². The highest BCUT2D eigenvalue weighted by Crippen LogP contribution is 2.01. The van der Waals surface area contributed by atoms with Gasteiger partial charge >= 0.3 is 0 Å². The fraction of sp³-hybridized carbons (Fsp3) is 0.857. The normalized spacial score (nSPS) is 27.2. The summed E-state index contributed by atoms with van der Waals surface area (Å²) in [5.74, 6) is 0. The smallest absolute Gasteiger partial charge is 0.0672 e. The molecule has 0 spiro atoms. The van der Waals surface area contributed by atoms with Crippen LogP contribution in [0, 0.1) is 0 Å². The minimum Gasteiger partial charge on any atom is -0.299 e. The van der Waals surface area contributed by atoms with Crippen molar-refractivity contribution in [2.24, 2.45) is 4.99 Å². The molecular weight excluding hydrogens is 128 g/mol. The van der Waals surface area contributed by atoms with Crippen molar-refractivity contribution in [3.05, 3.63) is 0 Å². The molecule has 58 valence electrons. The van der Waals surface area contributed by atoms with E-state index in [-0.39, 0.29) is 0 Å². The van der Waals surface area contributed by atoms with Crippen LogP contribution in [-0.4, -0.2) is 37.0 Å². The fourth-order valence-electron chi connectivity index (χ4n) is 1.01. The lowest BCUT2D eigenvalue weighted by molar-refractivity contribution is -0.164. The molecule has 0 saturated carbocycles. The molecule has 0 saturated heterocycles. The summed E-state index contributed by atoms with van der Waals surface area (Å²) in [7, 11) is 0. The number of hydrogen-bond donors (Lipinski definition) is 0. The van der Waals surface area contributed by atoms with Crippen LogP contribution in [0.1, 0.15) is 13.8 Å². The third-order valence-corrected chi connectivity index (χ3v) is 1.52. The summed E-state index contributed by atoms with van der Waals surface area (Å²) >= 11 is 0. The van der Waals surface area contributed by atoms with Gasteiger partial charge in [-0.3, -0.25) is 9.83 Å². The fourth-order valence-corrected chi connectivity index (χ4v) is 1.01. The molecule has 1 aliphatic rings. The van der Waals surface area contributed by atoms with E-state index in [2.05, 4.69) is 11.9 Å². The van der Waals surface area contributed by atoms with Gasteiger partial charge in [0.15, 0.2) is 0 Å². The Morgan fingerprint density at radius 1 is 1.80 bits per heavy atom. The molecule has 0 radical (unpaired) electrons. The predicted molar refractivity (Wildman–Crippen MR) is 41.2 cm³/mol. The maximum Gasteiger partial charge on any atom is 0.0672 e. The van der Waals surface area contributed by atoms with Gasteiger partial charge in [0.05, 0.1) is 19.2 Å². The summed E-state index contributed by atoms with van der Waals surface area (Å²) in [6, 6.07) is 0.341. The molecule has 0 fully saturated rings. The zero-order valence-electron chi connectivity index (χ0n) is 6.58. The van der Waals surface area contributed by atoms with Gasteiger partial charge in [-0.1, -0.05) is 0 Å². The molecule has 1 atom stereocenters. The van der Waals surface area contributed by atoms with Crippen molar-refractivity contribution in [3.8, 4) is 0 Å². The summed E-state index contributed by atoms with van der Waals surface area (Å²) in [5, 5.41) is 1.97. The Labute approximate surface area is 61.6 Å². The summed E-state index contributed by atoms with van der Waals surface area (Å²) in [6.07, 6.45) is 1.93. The Bertz CT molecular complexity index is 125. The molecule has 1 unspecified atom stereocenters. The summed E-state index contributed by atoms with van der Waals surface area (Å²) in [5.41, 5.74) is 0. The largest absolute Gasteiger partial charge is 0.299 e. The first-order chi connectivity index (χ1) is 4.84. The molecule has 1 rings (SSSR count). The minimum absolute atomic E-state index is 0.341. The van der Waals surface area contributed by atoms with E-state index in [0.29, 0.717) is 6.04 Å². The van der Waals surface area contributed by atoms with E-state index >= 15 is 0 Å². The molecule has 3 nitrogen and oxygen atoms in total. The van der Waals surface area contributed by atoms with Crippen LogP contribution >= 0.6 is 0 Å². The summed E-state index contributed by atoms with van der Waals surface area (Å²) in [4.78, 5) is 9.48. The molecule has 0 aromatic heterocycles. The lowest BCUT2D eigenvalue weighted by Gasteiger charge is -2.27. The standard InChI is InChI=1S/C7H14N2O/c1-3-10-9-5-4-8-6-7(9)2/h6-7H,3-5H2,1-2H3. The number of nitrogens with zero attached hydrogens (tertiary/aromatic N) is 2. The monoisotopic (exact) mass is 142 g/mol. The van der Waals surface area contributed by atoms with Gasteiger partial charge in [0.25, 0.3) is 0 Å². The topological polar surface area (TPSA) is 24.8 Å². The van der Waals surface area contributed by atoms with Crippen molar-refractivity contribution >= 4 is 6.21 Å². The van der Waals surface area contributed by atoms with Crippen LogP contribution in [0.3, 0.4) is 0 Å². The molecule has 0 amide bonds. The van der Waals surface area contributed by atoms with Crippen LogP contribution in [0.25, 0.3) is 0 Å². The van der Waals surface area contributed by atoms with E-state index < -0.39 is 0 Å². The first-order valence-corrected chi connectivity index (χ1v) is 3.74. The van der Waals surface area contributed by atoms with E-state index in [9.17, 15) is 0 Å². The van der Waals surface area contributed by atoms with Gasteiger partial charge in [-0.2, -0.15) is 5.06 Å². The van der Waals surface area contributed by atoms with E-state index in [1.807, 2.05) is 18.2 Å². The Hall–Kier alpha value is -0.410. The maximum atomic E-state index is 5.34. The molecule has 0 aliphatic carbocycles. The van der Waals surface area contributed by atoms with E-state index in [0.717, 1.165) is 19.7 Å². The van der Waals surface area contributed by atoms with Crippen molar-refractivity contribution in [1.82, 2.24) is 5.06 Å². The highest BCUT2D eigenvalue weighted by atomic mass is 16.7. The molecule has 0 N–H and O–H groups in total. The van der Waals surface area contributed by atoms with Crippen LogP contribution in [0.15, 0.2) is 4.99 Å². The average molecular weight is 142 g/mol. The SMILES string of the molecule is CCON1CCN=CC1C. The molecule has 3 heteroatoms. The van der Waals surface area contributed by atoms with Gasteiger partial charge in [-0.25, -0.2) is 0 Å². The van der Waals surface area contributed by atoms with Gasteiger partial charge in [0.2, 0.25) is 0 Å². The first-order valence-electron chi connectivity index (χ1n) is 3.74.